The summed E-state index contributed by atoms with van der Waals surface area (Å²) in [7, 11) is 1.97. The smallest absolute Gasteiger partial charge is 0.150 e. The minimum atomic E-state index is -0.0145. The van der Waals surface area contributed by atoms with Crippen LogP contribution in [0, 0.1) is 6.92 Å². The van der Waals surface area contributed by atoms with Gasteiger partial charge in [0.25, 0.3) is 0 Å². The van der Waals surface area contributed by atoms with Gasteiger partial charge < -0.3 is 14.4 Å². The van der Waals surface area contributed by atoms with Gasteiger partial charge in [-0.1, -0.05) is 6.07 Å². The van der Waals surface area contributed by atoms with Crippen LogP contribution in [0.5, 0.6) is 0 Å². The number of ether oxygens (including phenoxy) is 2. The molecule has 2 fully saturated rings. The molecule has 0 N–H and O–H groups in total. The van der Waals surface area contributed by atoms with Crippen molar-refractivity contribution in [1.82, 2.24) is 29.5 Å². The van der Waals surface area contributed by atoms with E-state index in [1.54, 1.807) is 0 Å². The van der Waals surface area contributed by atoms with E-state index in [-0.39, 0.29) is 12.3 Å². The van der Waals surface area contributed by atoms with Crippen molar-refractivity contribution in [2.75, 3.05) is 31.3 Å². The Morgan fingerprint density at radius 1 is 1.09 bits per heavy atom. The lowest BCUT2D eigenvalue weighted by Gasteiger charge is -2.34. The van der Waals surface area contributed by atoms with Gasteiger partial charge in [0.05, 0.1) is 24.8 Å². The van der Waals surface area contributed by atoms with E-state index in [0.29, 0.717) is 13.2 Å². The summed E-state index contributed by atoms with van der Waals surface area (Å²) in [5.41, 5.74) is 6.49. The normalized spacial score (nSPS) is 21.1. The molecule has 6 rings (SSSR count). The Kier molecular flexibility index (Phi) is 5.74. The molecule has 2 unspecified atom stereocenters. The molecule has 0 spiro atoms. The Hall–Kier alpha value is -3.30. The van der Waals surface area contributed by atoms with Gasteiger partial charge in [0.1, 0.15) is 29.0 Å². The quantitative estimate of drug-likeness (QED) is 0.441. The molecule has 2 atom stereocenters. The van der Waals surface area contributed by atoms with Crippen molar-refractivity contribution in [3.05, 3.63) is 42.4 Å². The molecule has 2 saturated heterocycles. The molecule has 2 aliphatic rings. The summed E-state index contributed by atoms with van der Waals surface area (Å²) in [6.45, 7) is 7.14. The number of nitrogens with zero attached hydrogens (tertiary/aromatic N) is 7. The number of hydrogen-bond donors (Lipinski definition) is 0. The molecule has 0 bridgehead atoms. The third kappa shape index (κ3) is 4.08. The molecule has 0 amide bonds. The van der Waals surface area contributed by atoms with Crippen molar-refractivity contribution in [1.29, 1.82) is 0 Å². The maximum absolute atomic E-state index is 5.94. The van der Waals surface area contributed by atoms with Gasteiger partial charge >= 0.3 is 0 Å². The standard InChI is InChI=1S/C26H31N7O2/c1-17-7-8-19(15-27-17)20-14-22(32-11-13-34-16-18(32)2)28-25-24(30-31(3)26(20)25)21-9-10-33(29-21)23-6-4-5-12-35-23/h7-10,14-15,18,23H,4-6,11-13,16H2,1-3H3. The molecule has 182 valence electrons. The van der Waals surface area contributed by atoms with Crippen LogP contribution in [0.15, 0.2) is 36.7 Å². The summed E-state index contributed by atoms with van der Waals surface area (Å²) < 4.78 is 15.5. The predicted octanol–water partition coefficient (Wildman–Crippen LogP) is 4.13. The second-order valence-electron chi connectivity index (χ2n) is 9.51. The highest BCUT2D eigenvalue weighted by atomic mass is 16.5. The first-order valence-corrected chi connectivity index (χ1v) is 12.4. The van der Waals surface area contributed by atoms with Gasteiger partial charge in [0, 0.05) is 49.4 Å². The van der Waals surface area contributed by atoms with Crippen molar-refractivity contribution in [2.24, 2.45) is 7.05 Å². The van der Waals surface area contributed by atoms with Crippen molar-refractivity contribution in [2.45, 2.75) is 45.4 Å². The second kappa shape index (κ2) is 9.05. The van der Waals surface area contributed by atoms with E-state index >= 15 is 0 Å². The summed E-state index contributed by atoms with van der Waals surface area (Å²) in [6.07, 6.45) is 7.15. The van der Waals surface area contributed by atoms with Crippen LogP contribution in [-0.4, -0.2) is 61.9 Å². The van der Waals surface area contributed by atoms with Crippen LogP contribution in [0.25, 0.3) is 33.5 Å². The number of pyridine rings is 2. The van der Waals surface area contributed by atoms with Gasteiger partial charge in [-0.15, -0.1) is 0 Å². The molecular formula is C26H31N7O2. The zero-order chi connectivity index (χ0) is 23.9. The largest absolute Gasteiger partial charge is 0.377 e. The molecule has 0 radical (unpaired) electrons. The van der Waals surface area contributed by atoms with E-state index in [0.717, 1.165) is 77.5 Å². The van der Waals surface area contributed by atoms with Gasteiger partial charge in [-0.2, -0.15) is 10.2 Å². The SMILES string of the molecule is Cc1ccc(-c2cc(N3CCOCC3C)nc3c(-c4ccn(C5CCCCO5)n4)nn(C)c23)cn1. The van der Waals surface area contributed by atoms with Crippen LogP contribution in [0.1, 0.15) is 38.1 Å². The highest BCUT2D eigenvalue weighted by Gasteiger charge is 2.26. The highest BCUT2D eigenvalue weighted by molar-refractivity contribution is 6.00. The molecule has 2 aliphatic heterocycles. The van der Waals surface area contributed by atoms with Crippen molar-refractivity contribution in [3.63, 3.8) is 0 Å². The van der Waals surface area contributed by atoms with Crippen LogP contribution in [0.3, 0.4) is 0 Å². The summed E-state index contributed by atoms with van der Waals surface area (Å²) >= 11 is 0. The van der Waals surface area contributed by atoms with Crippen molar-refractivity contribution < 1.29 is 9.47 Å². The maximum Gasteiger partial charge on any atom is 0.150 e. The Labute approximate surface area is 204 Å². The third-order valence-electron chi connectivity index (χ3n) is 6.96. The molecule has 9 nitrogen and oxygen atoms in total. The van der Waals surface area contributed by atoms with Gasteiger partial charge in [-0.3, -0.25) is 9.67 Å². The van der Waals surface area contributed by atoms with Crippen LogP contribution < -0.4 is 4.90 Å². The fraction of sp³-hybridized carbons (Fsp3) is 0.462. The second-order valence-corrected chi connectivity index (χ2v) is 9.51. The maximum atomic E-state index is 5.94. The Balaban J connectivity index is 1.51. The van der Waals surface area contributed by atoms with Crippen LogP contribution in [0.4, 0.5) is 5.82 Å². The molecule has 0 aromatic carbocycles. The average Bonchev–Trinajstić information content (AvgIpc) is 3.50. The molecule has 0 aliphatic carbocycles. The monoisotopic (exact) mass is 473 g/mol. The molecule has 4 aromatic heterocycles. The Morgan fingerprint density at radius 2 is 2.00 bits per heavy atom. The van der Waals surface area contributed by atoms with Gasteiger partial charge in [0.15, 0.2) is 0 Å². The zero-order valence-electron chi connectivity index (χ0n) is 20.5. The van der Waals surface area contributed by atoms with E-state index in [1.807, 2.05) is 47.9 Å². The fourth-order valence-corrected chi connectivity index (χ4v) is 5.06. The lowest BCUT2D eigenvalue weighted by molar-refractivity contribution is -0.0393. The van der Waals surface area contributed by atoms with Gasteiger partial charge in [0.2, 0.25) is 0 Å². The first-order valence-electron chi connectivity index (χ1n) is 12.4. The van der Waals surface area contributed by atoms with Crippen LogP contribution in [-0.2, 0) is 16.5 Å². The topological polar surface area (TPSA) is 83.1 Å². The molecule has 9 heteroatoms. The predicted molar refractivity (Wildman–Crippen MR) is 134 cm³/mol. The van der Waals surface area contributed by atoms with Gasteiger partial charge in [-0.25, -0.2) is 9.67 Å². The van der Waals surface area contributed by atoms with E-state index in [9.17, 15) is 0 Å². The lowest BCUT2D eigenvalue weighted by Crippen LogP contribution is -2.44. The molecule has 4 aromatic rings. The first kappa shape index (κ1) is 22.2. The van der Waals surface area contributed by atoms with Crippen molar-refractivity contribution >= 4 is 16.9 Å². The van der Waals surface area contributed by atoms with E-state index in [4.69, 9.17) is 24.7 Å². The molecular weight excluding hydrogens is 442 g/mol. The number of fused-ring (bicyclic) bond motifs is 1. The Morgan fingerprint density at radius 3 is 2.77 bits per heavy atom. The first-order chi connectivity index (χ1) is 17.1. The summed E-state index contributed by atoms with van der Waals surface area (Å²) in [6, 6.07) is 8.57. The summed E-state index contributed by atoms with van der Waals surface area (Å²) in [4.78, 5) is 12.0. The number of rotatable bonds is 4. The minimum Gasteiger partial charge on any atom is -0.377 e. The van der Waals surface area contributed by atoms with Crippen LogP contribution >= 0.6 is 0 Å². The molecule has 0 saturated carbocycles. The molecule has 35 heavy (non-hydrogen) atoms. The fourth-order valence-electron chi connectivity index (χ4n) is 5.06. The average molecular weight is 474 g/mol. The third-order valence-corrected chi connectivity index (χ3v) is 6.96. The van der Waals surface area contributed by atoms with E-state index in [2.05, 4.69) is 28.9 Å². The number of anilines is 1. The lowest BCUT2D eigenvalue weighted by atomic mass is 10.0. The number of aromatic nitrogens is 6. The van der Waals surface area contributed by atoms with Gasteiger partial charge in [-0.05, 0) is 51.3 Å². The van der Waals surface area contributed by atoms with E-state index < -0.39 is 0 Å². The minimum absolute atomic E-state index is 0.0145. The Bertz CT molecular complexity index is 1340. The highest BCUT2D eigenvalue weighted by Crippen LogP contribution is 2.36. The summed E-state index contributed by atoms with van der Waals surface area (Å²) in [5.74, 6) is 0.924. The van der Waals surface area contributed by atoms with Crippen LogP contribution in [0.2, 0.25) is 0 Å². The number of hydrogen-bond acceptors (Lipinski definition) is 7. The number of morpholine rings is 1. The number of aryl methyl sites for hydroxylation is 2. The molecule has 6 heterocycles. The van der Waals surface area contributed by atoms with Crippen molar-refractivity contribution in [3.8, 4) is 22.5 Å². The zero-order valence-corrected chi connectivity index (χ0v) is 20.5. The van der Waals surface area contributed by atoms with E-state index in [1.165, 1.54) is 0 Å². The summed E-state index contributed by atoms with van der Waals surface area (Å²) in [5, 5.41) is 9.77.